The van der Waals surface area contributed by atoms with E-state index in [1.54, 1.807) is 13.0 Å². The number of hydrogen-bond acceptors (Lipinski definition) is 2. The molecule has 114 valence electrons. The summed E-state index contributed by atoms with van der Waals surface area (Å²) in [5.74, 6) is -1.38. The van der Waals surface area contributed by atoms with E-state index in [1.165, 1.54) is 0 Å². The molecule has 0 spiro atoms. The number of carboxylic acid groups (broad SMARTS) is 1. The summed E-state index contributed by atoms with van der Waals surface area (Å²) >= 11 is 0. The van der Waals surface area contributed by atoms with Crippen molar-refractivity contribution < 1.29 is 15.0 Å². The zero-order chi connectivity index (χ0) is 15.9. The van der Waals surface area contributed by atoms with Crippen LogP contribution in [-0.2, 0) is 4.79 Å². The molecule has 0 radical (unpaired) electrons. The van der Waals surface area contributed by atoms with Crippen molar-refractivity contribution in [2.24, 2.45) is 16.7 Å². The first kappa shape index (κ1) is 17.0. The van der Waals surface area contributed by atoms with Gasteiger partial charge in [-0.25, -0.2) is 0 Å². The van der Waals surface area contributed by atoms with Crippen molar-refractivity contribution in [3.05, 3.63) is 23.3 Å². The van der Waals surface area contributed by atoms with Gasteiger partial charge in [-0.3, -0.25) is 4.79 Å². The van der Waals surface area contributed by atoms with Crippen molar-refractivity contribution in [3.8, 4) is 0 Å². The molecule has 0 bridgehead atoms. The second-order valence-corrected chi connectivity index (χ2v) is 7.93. The van der Waals surface area contributed by atoms with Crippen LogP contribution in [0.3, 0.4) is 0 Å². The van der Waals surface area contributed by atoms with E-state index in [1.807, 2.05) is 26.8 Å². The molecule has 1 aliphatic rings. The first-order valence-corrected chi connectivity index (χ1v) is 7.17. The van der Waals surface area contributed by atoms with E-state index in [0.717, 1.165) is 11.1 Å². The summed E-state index contributed by atoms with van der Waals surface area (Å²) in [4.78, 5) is 11.3. The Bertz CT molecular complexity index is 458. The normalized spacial score (nSPS) is 25.8. The zero-order valence-electron chi connectivity index (χ0n) is 13.7. The highest BCUT2D eigenvalue weighted by atomic mass is 16.4. The first-order chi connectivity index (χ1) is 8.79. The molecule has 2 atom stereocenters. The smallest absolute Gasteiger partial charge is 0.310 e. The molecule has 0 saturated carbocycles. The third-order valence-electron chi connectivity index (χ3n) is 4.37. The largest absolute Gasteiger partial charge is 0.481 e. The lowest BCUT2D eigenvalue weighted by molar-refractivity contribution is -0.139. The van der Waals surface area contributed by atoms with Crippen LogP contribution < -0.4 is 0 Å². The predicted molar refractivity (Wildman–Crippen MR) is 81.4 cm³/mol. The summed E-state index contributed by atoms with van der Waals surface area (Å²) in [6.07, 6.45) is 4.08. The van der Waals surface area contributed by atoms with Gasteiger partial charge in [0.25, 0.3) is 0 Å². The van der Waals surface area contributed by atoms with E-state index in [4.69, 9.17) is 0 Å². The highest BCUT2D eigenvalue weighted by molar-refractivity contribution is 5.75. The summed E-state index contributed by atoms with van der Waals surface area (Å²) in [5.41, 5.74) is 0.476. The van der Waals surface area contributed by atoms with Crippen molar-refractivity contribution >= 4 is 5.97 Å². The van der Waals surface area contributed by atoms with E-state index in [2.05, 4.69) is 20.8 Å². The number of aliphatic carboxylic acids is 1. The lowest BCUT2D eigenvalue weighted by Gasteiger charge is -2.44. The zero-order valence-corrected chi connectivity index (χ0v) is 13.7. The molecule has 3 heteroatoms. The number of rotatable bonds is 2. The fourth-order valence-corrected chi connectivity index (χ4v) is 2.51. The van der Waals surface area contributed by atoms with Crippen LogP contribution in [0.2, 0.25) is 0 Å². The van der Waals surface area contributed by atoms with Crippen molar-refractivity contribution in [1.82, 2.24) is 0 Å². The van der Waals surface area contributed by atoms with Gasteiger partial charge in [-0.1, -0.05) is 59.3 Å². The molecular formula is C17H28O3. The van der Waals surface area contributed by atoms with Gasteiger partial charge in [0.15, 0.2) is 0 Å². The molecule has 0 aromatic carbocycles. The molecule has 0 aliphatic heterocycles. The Morgan fingerprint density at radius 2 is 1.75 bits per heavy atom. The molecule has 1 aliphatic carbocycles. The van der Waals surface area contributed by atoms with Gasteiger partial charge in [0.1, 0.15) is 0 Å². The van der Waals surface area contributed by atoms with Crippen LogP contribution in [0.4, 0.5) is 0 Å². The van der Waals surface area contributed by atoms with Crippen LogP contribution in [0.25, 0.3) is 0 Å². The van der Waals surface area contributed by atoms with Crippen molar-refractivity contribution in [2.75, 3.05) is 0 Å². The van der Waals surface area contributed by atoms with Crippen LogP contribution >= 0.6 is 0 Å². The van der Waals surface area contributed by atoms with Gasteiger partial charge in [-0.05, 0) is 23.3 Å². The Morgan fingerprint density at radius 3 is 2.10 bits per heavy atom. The Morgan fingerprint density at radius 1 is 1.25 bits per heavy atom. The van der Waals surface area contributed by atoms with E-state index in [9.17, 15) is 15.0 Å². The molecular weight excluding hydrogens is 252 g/mol. The minimum atomic E-state index is -0.933. The number of allylic oxidation sites excluding steroid dienone is 1. The molecule has 0 fully saturated rings. The molecule has 3 nitrogen and oxygen atoms in total. The number of hydrogen-bond donors (Lipinski definition) is 2. The lowest BCUT2D eigenvalue weighted by atomic mass is 9.64. The van der Waals surface area contributed by atoms with Gasteiger partial charge >= 0.3 is 5.97 Å². The van der Waals surface area contributed by atoms with Crippen LogP contribution in [0.15, 0.2) is 23.3 Å². The van der Waals surface area contributed by atoms with Gasteiger partial charge in [-0.15, -0.1) is 0 Å². The van der Waals surface area contributed by atoms with Crippen molar-refractivity contribution in [3.63, 3.8) is 0 Å². The Labute approximate surface area is 122 Å². The molecule has 1 rings (SSSR count). The van der Waals surface area contributed by atoms with Crippen LogP contribution in [0.5, 0.6) is 0 Å². The molecule has 0 amide bonds. The fraction of sp³-hybridized carbons (Fsp3) is 0.706. The second kappa shape index (κ2) is 5.03. The highest BCUT2D eigenvalue weighted by Crippen LogP contribution is 2.46. The molecule has 2 N–H and O–H groups in total. The minimum Gasteiger partial charge on any atom is -0.481 e. The Hall–Kier alpha value is -1.09. The third-order valence-corrected chi connectivity index (χ3v) is 4.37. The number of carbonyl (C=O) groups is 1. The lowest BCUT2D eigenvalue weighted by Crippen LogP contribution is -2.44. The standard InChI is InChI=1S/C17H28O3/c1-11(14(18)19)12-8-9-17(20,16(5,6)7)10-13(12)15(2,3)4/h8-9,11,20H,10H2,1-7H3,(H,18,19). The summed E-state index contributed by atoms with van der Waals surface area (Å²) < 4.78 is 0. The summed E-state index contributed by atoms with van der Waals surface area (Å²) in [7, 11) is 0. The van der Waals surface area contributed by atoms with E-state index in [-0.39, 0.29) is 10.8 Å². The first-order valence-electron chi connectivity index (χ1n) is 7.17. The number of aliphatic hydroxyl groups is 1. The minimum absolute atomic E-state index is 0.164. The maximum Gasteiger partial charge on any atom is 0.310 e. The van der Waals surface area contributed by atoms with Gasteiger partial charge in [-0.2, -0.15) is 0 Å². The van der Waals surface area contributed by atoms with Gasteiger partial charge in [0.2, 0.25) is 0 Å². The SMILES string of the molecule is CC(C(=O)O)C1=C(C(C)(C)C)CC(O)(C(C)(C)C)C=C1. The Balaban J connectivity index is 3.35. The fourth-order valence-electron chi connectivity index (χ4n) is 2.51. The quantitative estimate of drug-likeness (QED) is 0.809. The molecule has 0 saturated heterocycles. The molecule has 0 heterocycles. The molecule has 0 aromatic rings. The molecule has 0 aromatic heterocycles. The molecule has 2 unspecified atom stereocenters. The third kappa shape index (κ3) is 3.14. The highest BCUT2D eigenvalue weighted by Gasteiger charge is 2.43. The maximum atomic E-state index is 11.3. The second-order valence-electron chi connectivity index (χ2n) is 7.93. The van der Waals surface area contributed by atoms with E-state index < -0.39 is 17.5 Å². The topological polar surface area (TPSA) is 57.5 Å². The van der Waals surface area contributed by atoms with Gasteiger partial charge in [0.05, 0.1) is 11.5 Å². The monoisotopic (exact) mass is 280 g/mol. The summed E-state index contributed by atoms with van der Waals surface area (Å²) in [5, 5.41) is 20.2. The predicted octanol–water partition coefficient (Wildman–Crippen LogP) is 3.79. The Kier molecular flexibility index (Phi) is 4.27. The van der Waals surface area contributed by atoms with Gasteiger partial charge in [0, 0.05) is 6.42 Å². The van der Waals surface area contributed by atoms with E-state index >= 15 is 0 Å². The average molecular weight is 280 g/mol. The average Bonchev–Trinajstić information content (AvgIpc) is 2.25. The molecule has 20 heavy (non-hydrogen) atoms. The van der Waals surface area contributed by atoms with Crippen LogP contribution in [0.1, 0.15) is 54.9 Å². The summed E-state index contributed by atoms with van der Waals surface area (Å²) in [6.45, 7) is 13.9. The van der Waals surface area contributed by atoms with Crippen molar-refractivity contribution in [2.45, 2.75) is 60.5 Å². The summed E-state index contributed by atoms with van der Waals surface area (Å²) in [6, 6.07) is 0. The van der Waals surface area contributed by atoms with Crippen LogP contribution in [0, 0.1) is 16.7 Å². The van der Waals surface area contributed by atoms with Crippen molar-refractivity contribution in [1.29, 1.82) is 0 Å². The van der Waals surface area contributed by atoms with E-state index in [0.29, 0.717) is 6.42 Å². The maximum absolute atomic E-state index is 11.3. The number of carboxylic acids is 1. The van der Waals surface area contributed by atoms with Gasteiger partial charge < -0.3 is 10.2 Å². The van der Waals surface area contributed by atoms with Crippen LogP contribution in [-0.4, -0.2) is 21.8 Å².